The molecular formula is C16H16N2O2S. The van der Waals surface area contributed by atoms with E-state index < -0.39 is 0 Å². The monoisotopic (exact) mass is 300 g/mol. The van der Waals surface area contributed by atoms with Crippen molar-refractivity contribution in [3.05, 3.63) is 41.0 Å². The zero-order valence-corrected chi connectivity index (χ0v) is 13.0. The van der Waals surface area contributed by atoms with E-state index >= 15 is 0 Å². The van der Waals surface area contributed by atoms with Gasteiger partial charge in [-0.2, -0.15) is 0 Å². The Bertz CT molecular complexity index is 785. The third kappa shape index (κ3) is 2.45. The van der Waals surface area contributed by atoms with E-state index in [1.54, 1.807) is 17.5 Å². The Kier molecular flexibility index (Phi) is 3.51. The van der Waals surface area contributed by atoms with E-state index in [9.17, 15) is 4.79 Å². The maximum atomic E-state index is 11.2. The molecule has 0 N–H and O–H groups in total. The summed E-state index contributed by atoms with van der Waals surface area (Å²) in [5, 5.41) is 0. The third-order valence-electron chi connectivity index (χ3n) is 3.18. The third-order valence-corrected chi connectivity index (χ3v) is 4.15. The molecule has 0 unspecified atom stereocenters. The van der Waals surface area contributed by atoms with Gasteiger partial charge in [-0.1, -0.05) is 0 Å². The predicted octanol–water partition coefficient (Wildman–Crippen LogP) is 3.97. The maximum absolute atomic E-state index is 11.2. The summed E-state index contributed by atoms with van der Waals surface area (Å²) in [7, 11) is 0. The average Bonchev–Trinajstić information content (AvgIpc) is 2.97. The van der Waals surface area contributed by atoms with Gasteiger partial charge in [0.1, 0.15) is 11.4 Å². The highest BCUT2D eigenvalue weighted by atomic mass is 32.1. The molecule has 4 nitrogen and oxygen atoms in total. The fraction of sp³-hybridized carbons (Fsp3) is 0.250. The number of hydrogen-bond acceptors (Lipinski definition) is 4. The molecular weight excluding hydrogens is 284 g/mol. The van der Waals surface area contributed by atoms with Crippen molar-refractivity contribution in [1.82, 2.24) is 9.38 Å². The van der Waals surface area contributed by atoms with Crippen LogP contribution in [-0.4, -0.2) is 21.8 Å². The summed E-state index contributed by atoms with van der Waals surface area (Å²) in [4.78, 5) is 17.4. The smallest absolute Gasteiger partial charge is 0.194 e. The molecule has 0 radical (unpaired) electrons. The van der Waals surface area contributed by atoms with Crippen LogP contribution in [0, 0.1) is 6.92 Å². The lowest BCUT2D eigenvalue weighted by atomic mass is 10.1. The highest BCUT2D eigenvalue weighted by Crippen LogP contribution is 2.32. The van der Waals surface area contributed by atoms with Gasteiger partial charge in [0, 0.05) is 4.88 Å². The van der Waals surface area contributed by atoms with E-state index in [2.05, 4.69) is 4.98 Å². The van der Waals surface area contributed by atoms with Crippen LogP contribution in [0.25, 0.3) is 16.2 Å². The number of carbonyl (C=O) groups is 1. The Balaban J connectivity index is 2.09. The molecule has 3 rings (SSSR count). The van der Waals surface area contributed by atoms with Crippen LogP contribution in [0.4, 0.5) is 0 Å². The predicted molar refractivity (Wildman–Crippen MR) is 84.4 cm³/mol. The number of aldehydes is 1. The van der Waals surface area contributed by atoms with Gasteiger partial charge in [0.15, 0.2) is 11.2 Å². The average molecular weight is 300 g/mol. The lowest BCUT2D eigenvalue weighted by Crippen LogP contribution is -2.05. The topological polar surface area (TPSA) is 43.6 Å². The Morgan fingerprint density at radius 2 is 2.00 bits per heavy atom. The lowest BCUT2D eigenvalue weighted by Gasteiger charge is -2.10. The van der Waals surface area contributed by atoms with Crippen molar-refractivity contribution >= 4 is 22.6 Å². The molecule has 0 spiro atoms. The molecule has 0 aliphatic carbocycles. The molecule has 0 fully saturated rings. The van der Waals surface area contributed by atoms with Gasteiger partial charge in [-0.15, -0.1) is 11.3 Å². The van der Waals surface area contributed by atoms with Crippen LogP contribution in [0.1, 0.15) is 29.2 Å². The van der Waals surface area contributed by atoms with Gasteiger partial charge < -0.3 is 4.74 Å². The summed E-state index contributed by atoms with van der Waals surface area (Å²) in [6, 6.07) is 7.94. The van der Waals surface area contributed by atoms with E-state index in [-0.39, 0.29) is 6.10 Å². The van der Waals surface area contributed by atoms with Crippen molar-refractivity contribution in [2.24, 2.45) is 0 Å². The Hall–Kier alpha value is -2.14. The molecule has 21 heavy (non-hydrogen) atoms. The van der Waals surface area contributed by atoms with Crippen LogP contribution in [0.5, 0.6) is 5.75 Å². The number of hydrogen-bond donors (Lipinski definition) is 0. The van der Waals surface area contributed by atoms with E-state index in [0.29, 0.717) is 5.69 Å². The first-order valence-corrected chi connectivity index (χ1v) is 7.61. The Morgan fingerprint density at radius 3 is 2.62 bits per heavy atom. The molecule has 0 saturated carbocycles. The molecule has 2 aromatic heterocycles. The minimum Gasteiger partial charge on any atom is -0.491 e. The van der Waals surface area contributed by atoms with Crippen molar-refractivity contribution in [3.63, 3.8) is 0 Å². The highest BCUT2D eigenvalue weighted by Gasteiger charge is 2.15. The van der Waals surface area contributed by atoms with Crippen molar-refractivity contribution in [2.45, 2.75) is 26.9 Å². The summed E-state index contributed by atoms with van der Waals surface area (Å²) >= 11 is 1.59. The van der Waals surface area contributed by atoms with Crippen LogP contribution >= 0.6 is 11.3 Å². The number of thiazole rings is 1. The normalized spacial score (nSPS) is 11.2. The van der Waals surface area contributed by atoms with Crippen molar-refractivity contribution in [3.8, 4) is 17.0 Å². The molecule has 5 heteroatoms. The van der Waals surface area contributed by atoms with Gasteiger partial charge in [-0.25, -0.2) is 4.98 Å². The number of ether oxygens (including phenoxy) is 1. The van der Waals surface area contributed by atoms with Gasteiger partial charge >= 0.3 is 0 Å². The number of aryl methyl sites for hydroxylation is 1. The molecule has 0 aliphatic rings. The summed E-state index contributed by atoms with van der Waals surface area (Å²) in [5.41, 5.74) is 2.65. The van der Waals surface area contributed by atoms with Crippen LogP contribution in [0.15, 0.2) is 30.5 Å². The molecule has 0 saturated heterocycles. The van der Waals surface area contributed by atoms with Crippen molar-refractivity contribution in [1.29, 1.82) is 0 Å². The van der Waals surface area contributed by atoms with Crippen molar-refractivity contribution in [2.75, 3.05) is 0 Å². The second-order valence-electron chi connectivity index (χ2n) is 5.12. The number of nitrogens with zero attached hydrogens (tertiary/aromatic N) is 2. The minimum absolute atomic E-state index is 0.153. The second-order valence-corrected chi connectivity index (χ2v) is 6.30. The molecule has 3 aromatic rings. The van der Waals surface area contributed by atoms with Gasteiger partial charge in [-0.3, -0.25) is 9.20 Å². The number of aromatic nitrogens is 2. The number of fused-ring (bicyclic) bond motifs is 1. The van der Waals surface area contributed by atoms with Gasteiger partial charge in [0.25, 0.3) is 0 Å². The molecule has 1 aromatic carbocycles. The SMILES string of the molecule is Cc1sc2ncc(C=O)n2c1-c1ccc(OC(C)C)cc1. The van der Waals surface area contributed by atoms with E-state index in [1.165, 1.54) is 0 Å². The molecule has 2 heterocycles. The first-order valence-electron chi connectivity index (χ1n) is 6.79. The summed E-state index contributed by atoms with van der Waals surface area (Å²) in [6.45, 7) is 6.05. The fourth-order valence-corrected chi connectivity index (χ4v) is 3.34. The van der Waals surface area contributed by atoms with Crippen molar-refractivity contribution < 1.29 is 9.53 Å². The zero-order chi connectivity index (χ0) is 15.0. The Labute approximate surface area is 127 Å². The number of imidazole rings is 1. The number of carbonyl (C=O) groups excluding carboxylic acids is 1. The first-order chi connectivity index (χ1) is 10.1. The van der Waals surface area contributed by atoms with E-state index in [1.807, 2.05) is 49.4 Å². The quantitative estimate of drug-likeness (QED) is 0.685. The van der Waals surface area contributed by atoms with Gasteiger partial charge in [-0.05, 0) is 50.6 Å². The van der Waals surface area contributed by atoms with E-state index in [0.717, 1.165) is 33.1 Å². The van der Waals surface area contributed by atoms with Crippen LogP contribution in [0.2, 0.25) is 0 Å². The first kappa shape index (κ1) is 13.8. The standard InChI is InChI=1S/C16H16N2O2S/c1-10(2)20-14-6-4-12(5-7-14)15-11(3)21-16-17-8-13(9-19)18(15)16/h4-10H,1-3H3. The van der Waals surface area contributed by atoms with E-state index in [4.69, 9.17) is 4.74 Å². The van der Waals surface area contributed by atoms with Gasteiger partial charge in [0.2, 0.25) is 0 Å². The number of benzene rings is 1. The van der Waals surface area contributed by atoms with Gasteiger partial charge in [0.05, 0.1) is 18.0 Å². The Morgan fingerprint density at radius 1 is 1.29 bits per heavy atom. The molecule has 0 aliphatic heterocycles. The van der Waals surface area contributed by atoms with Crippen LogP contribution in [0.3, 0.4) is 0 Å². The lowest BCUT2D eigenvalue weighted by molar-refractivity contribution is 0.111. The highest BCUT2D eigenvalue weighted by molar-refractivity contribution is 7.17. The summed E-state index contributed by atoms with van der Waals surface area (Å²) in [5.74, 6) is 0.846. The largest absolute Gasteiger partial charge is 0.491 e. The minimum atomic E-state index is 0.153. The molecule has 0 amide bonds. The molecule has 0 bridgehead atoms. The second kappa shape index (κ2) is 5.33. The molecule has 0 atom stereocenters. The molecule has 108 valence electrons. The summed E-state index contributed by atoms with van der Waals surface area (Å²) < 4.78 is 7.57. The van der Waals surface area contributed by atoms with Crippen LogP contribution in [-0.2, 0) is 0 Å². The number of rotatable bonds is 4. The summed E-state index contributed by atoms with van der Waals surface area (Å²) in [6.07, 6.45) is 2.60. The maximum Gasteiger partial charge on any atom is 0.194 e. The zero-order valence-electron chi connectivity index (χ0n) is 12.2. The van der Waals surface area contributed by atoms with Crippen LogP contribution < -0.4 is 4.74 Å². The fourth-order valence-electron chi connectivity index (χ4n) is 2.37.